The van der Waals surface area contributed by atoms with Crippen molar-refractivity contribution in [2.75, 3.05) is 0 Å². The summed E-state index contributed by atoms with van der Waals surface area (Å²) in [5.41, 5.74) is 0.119. The van der Waals surface area contributed by atoms with Crippen LogP contribution in [0.2, 0.25) is 0 Å². The molecule has 3 heteroatoms. The summed E-state index contributed by atoms with van der Waals surface area (Å²) in [7, 11) is 0. The highest BCUT2D eigenvalue weighted by molar-refractivity contribution is 7.18. The summed E-state index contributed by atoms with van der Waals surface area (Å²) >= 11 is 1.66. The predicted molar refractivity (Wildman–Crippen MR) is 57.9 cm³/mol. The second-order valence-corrected chi connectivity index (χ2v) is 4.71. The van der Waals surface area contributed by atoms with Crippen molar-refractivity contribution in [2.24, 2.45) is 0 Å². The molecule has 0 bridgehead atoms. The van der Waals surface area contributed by atoms with Gasteiger partial charge in [-0.15, -0.1) is 11.3 Å². The van der Waals surface area contributed by atoms with E-state index in [0.717, 1.165) is 10.2 Å². The van der Waals surface area contributed by atoms with Crippen LogP contribution in [-0.2, 0) is 0 Å². The lowest BCUT2D eigenvalue weighted by atomic mass is 10.3. The van der Waals surface area contributed by atoms with Gasteiger partial charge < -0.3 is 0 Å². The van der Waals surface area contributed by atoms with E-state index in [1.807, 2.05) is 12.1 Å². The van der Waals surface area contributed by atoms with Crippen LogP contribution in [0.3, 0.4) is 0 Å². The molecule has 0 saturated heterocycles. The molecule has 0 unspecified atom stereocenters. The number of rotatable bonds is 1. The zero-order valence-corrected chi connectivity index (χ0v) is 8.38. The molecule has 3 rings (SSSR count). The number of pyridine rings is 1. The molecular formula is C11H9NOS. The molecule has 2 nitrogen and oxygen atoms in total. The van der Waals surface area contributed by atoms with Crippen molar-refractivity contribution in [3.63, 3.8) is 0 Å². The summed E-state index contributed by atoms with van der Waals surface area (Å²) in [6, 6.07) is 5.44. The first kappa shape index (κ1) is 8.12. The van der Waals surface area contributed by atoms with Crippen LogP contribution in [0.1, 0.15) is 23.6 Å². The van der Waals surface area contributed by atoms with Crippen molar-refractivity contribution < 1.29 is 0 Å². The van der Waals surface area contributed by atoms with Gasteiger partial charge in [0.1, 0.15) is 4.83 Å². The molecule has 0 aliphatic heterocycles. The molecule has 1 aliphatic carbocycles. The molecule has 2 heterocycles. The van der Waals surface area contributed by atoms with Gasteiger partial charge in [0.15, 0.2) is 5.43 Å². The highest BCUT2D eigenvalue weighted by Crippen LogP contribution is 2.42. The van der Waals surface area contributed by atoms with Gasteiger partial charge in [0.05, 0.1) is 5.39 Å². The Morgan fingerprint density at radius 3 is 3.07 bits per heavy atom. The molecular weight excluding hydrogens is 194 g/mol. The van der Waals surface area contributed by atoms with Crippen molar-refractivity contribution >= 4 is 21.6 Å². The fourth-order valence-corrected chi connectivity index (χ4v) is 2.76. The molecule has 2 aromatic heterocycles. The van der Waals surface area contributed by atoms with Crippen molar-refractivity contribution in [3.8, 4) is 0 Å². The summed E-state index contributed by atoms with van der Waals surface area (Å²) in [4.78, 5) is 18.0. The molecule has 0 atom stereocenters. The number of hydrogen-bond acceptors (Lipinski definition) is 3. The van der Waals surface area contributed by atoms with E-state index in [9.17, 15) is 4.79 Å². The standard InChI is InChI=1S/C11H9NOS/c13-9-6-10(7-3-4-7)14-11-8(9)2-1-5-12-11/h1-2,5-7H,3-4H2. The minimum absolute atomic E-state index is 0.119. The van der Waals surface area contributed by atoms with Gasteiger partial charge in [0, 0.05) is 11.1 Å². The minimum Gasteiger partial charge on any atom is -0.289 e. The van der Waals surface area contributed by atoms with Gasteiger partial charge in [-0.25, -0.2) is 4.98 Å². The Balaban J connectivity index is 2.33. The molecule has 1 aliphatic rings. The lowest BCUT2D eigenvalue weighted by Gasteiger charge is -1.98. The first-order valence-corrected chi connectivity index (χ1v) is 5.55. The van der Waals surface area contributed by atoms with E-state index >= 15 is 0 Å². The van der Waals surface area contributed by atoms with Crippen LogP contribution in [-0.4, -0.2) is 4.98 Å². The van der Waals surface area contributed by atoms with E-state index in [2.05, 4.69) is 4.98 Å². The summed E-state index contributed by atoms with van der Waals surface area (Å²) < 4.78 is 0. The predicted octanol–water partition coefficient (Wildman–Crippen LogP) is 2.53. The van der Waals surface area contributed by atoms with Crippen LogP contribution in [0, 0.1) is 0 Å². The van der Waals surface area contributed by atoms with Gasteiger partial charge in [-0.05, 0) is 37.0 Å². The van der Waals surface area contributed by atoms with E-state index in [1.54, 1.807) is 23.6 Å². The molecule has 1 fully saturated rings. The third-order valence-electron chi connectivity index (χ3n) is 2.50. The molecule has 14 heavy (non-hydrogen) atoms. The maximum atomic E-state index is 11.7. The fraction of sp³-hybridized carbons (Fsp3) is 0.273. The highest BCUT2D eigenvalue weighted by atomic mass is 32.1. The second kappa shape index (κ2) is 2.89. The number of aromatic nitrogens is 1. The van der Waals surface area contributed by atoms with Gasteiger partial charge in [0.2, 0.25) is 0 Å². The molecule has 0 amide bonds. The Morgan fingerprint density at radius 1 is 1.43 bits per heavy atom. The van der Waals surface area contributed by atoms with Crippen molar-refractivity contribution in [2.45, 2.75) is 18.8 Å². The maximum Gasteiger partial charge on any atom is 0.189 e. The van der Waals surface area contributed by atoms with Gasteiger partial charge in [-0.1, -0.05) is 0 Å². The molecule has 0 spiro atoms. The van der Waals surface area contributed by atoms with E-state index in [-0.39, 0.29) is 5.43 Å². The smallest absolute Gasteiger partial charge is 0.189 e. The van der Waals surface area contributed by atoms with Crippen molar-refractivity contribution in [3.05, 3.63) is 39.5 Å². The third kappa shape index (κ3) is 1.24. The number of hydrogen-bond donors (Lipinski definition) is 0. The van der Waals surface area contributed by atoms with E-state index in [1.165, 1.54) is 17.7 Å². The average Bonchev–Trinajstić information content (AvgIpc) is 3.01. The number of fused-ring (bicyclic) bond motifs is 1. The zero-order valence-electron chi connectivity index (χ0n) is 7.56. The Morgan fingerprint density at radius 2 is 2.29 bits per heavy atom. The largest absolute Gasteiger partial charge is 0.289 e. The normalized spacial score (nSPS) is 16.0. The van der Waals surface area contributed by atoms with Crippen LogP contribution < -0.4 is 5.43 Å². The Kier molecular flexibility index (Phi) is 1.67. The zero-order chi connectivity index (χ0) is 9.54. The van der Waals surface area contributed by atoms with Crippen molar-refractivity contribution in [1.82, 2.24) is 4.98 Å². The van der Waals surface area contributed by atoms with Crippen molar-refractivity contribution in [1.29, 1.82) is 0 Å². The lowest BCUT2D eigenvalue weighted by molar-refractivity contribution is 1.17. The minimum atomic E-state index is 0.119. The summed E-state index contributed by atoms with van der Waals surface area (Å²) in [6.45, 7) is 0. The fourth-order valence-electron chi connectivity index (χ4n) is 1.58. The van der Waals surface area contributed by atoms with Crippen LogP contribution in [0.15, 0.2) is 29.2 Å². The summed E-state index contributed by atoms with van der Waals surface area (Å²) in [6.07, 6.45) is 4.21. The highest BCUT2D eigenvalue weighted by Gasteiger charge is 2.25. The van der Waals surface area contributed by atoms with Crippen LogP contribution >= 0.6 is 11.3 Å². The number of nitrogens with zero attached hydrogens (tertiary/aromatic N) is 1. The Labute approximate surface area is 85.2 Å². The lowest BCUT2D eigenvalue weighted by Crippen LogP contribution is -2.00. The molecule has 70 valence electrons. The molecule has 2 aromatic rings. The van der Waals surface area contributed by atoms with E-state index in [4.69, 9.17) is 0 Å². The van der Waals surface area contributed by atoms with Gasteiger partial charge >= 0.3 is 0 Å². The topological polar surface area (TPSA) is 30.0 Å². The molecule has 0 aromatic carbocycles. The first-order valence-electron chi connectivity index (χ1n) is 4.73. The molecule has 1 saturated carbocycles. The van der Waals surface area contributed by atoms with Gasteiger partial charge in [-0.3, -0.25) is 4.79 Å². The summed E-state index contributed by atoms with van der Waals surface area (Å²) in [5.74, 6) is 0.638. The first-order chi connectivity index (χ1) is 6.84. The van der Waals surface area contributed by atoms with Crippen LogP contribution in [0.25, 0.3) is 10.2 Å². The van der Waals surface area contributed by atoms with Gasteiger partial charge in [0.25, 0.3) is 0 Å². The summed E-state index contributed by atoms with van der Waals surface area (Å²) in [5, 5.41) is 0.752. The molecule has 0 radical (unpaired) electrons. The van der Waals surface area contributed by atoms with Crippen LogP contribution in [0.4, 0.5) is 0 Å². The molecule has 0 N–H and O–H groups in total. The van der Waals surface area contributed by atoms with E-state index in [0.29, 0.717) is 5.92 Å². The average molecular weight is 203 g/mol. The van der Waals surface area contributed by atoms with E-state index < -0.39 is 0 Å². The Bertz CT molecular complexity index is 542. The second-order valence-electron chi connectivity index (χ2n) is 3.64. The quantitative estimate of drug-likeness (QED) is 0.713. The maximum absolute atomic E-state index is 11.7. The van der Waals surface area contributed by atoms with Crippen LogP contribution in [0.5, 0.6) is 0 Å². The van der Waals surface area contributed by atoms with Gasteiger partial charge in [-0.2, -0.15) is 0 Å². The Hall–Kier alpha value is -1.22. The monoisotopic (exact) mass is 203 g/mol. The SMILES string of the molecule is O=c1cc(C2CC2)sc2ncccc12. The third-order valence-corrected chi connectivity index (χ3v) is 3.71.